The number of ether oxygens (including phenoxy) is 2. The molecule has 0 saturated carbocycles. The summed E-state index contributed by atoms with van der Waals surface area (Å²) in [5.41, 5.74) is -1.79. The fourth-order valence-electron chi connectivity index (χ4n) is 2.72. The van der Waals surface area contributed by atoms with Gasteiger partial charge < -0.3 is 19.9 Å². The second kappa shape index (κ2) is 8.26. The van der Waals surface area contributed by atoms with Crippen molar-refractivity contribution in [1.82, 2.24) is 5.32 Å². The van der Waals surface area contributed by atoms with Gasteiger partial charge in [0.15, 0.2) is 17.0 Å². The lowest BCUT2D eigenvalue weighted by atomic mass is 9.86. The molecule has 0 saturated heterocycles. The van der Waals surface area contributed by atoms with Crippen molar-refractivity contribution in [1.29, 1.82) is 0 Å². The summed E-state index contributed by atoms with van der Waals surface area (Å²) >= 11 is 5.86. The summed E-state index contributed by atoms with van der Waals surface area (Å²) in [5.74, 6) is -2.77. The van der Waals surface area contributed by atoms with Crippen LogP contribution >= 0.6 is 11.6 Å². The average Bonchev–Trinajstić information content (AvgIpc) is 2.66. The number of nitrogens with one attached hydrogen (secondary N) is 1. The lowest BCUT2D eigenvalue weighted by Crippen LogP contribution is -2.51. The smallest absolute Gasteiger partial charge is 0.334 e. The van der Waals surface area contributed by atoms with Crippen molar-refractivity contribution in [2.75, 3.05) is 14.2 Å². The summed E-state index contributed by atoms with van der Waals surface area (Å²) in [6.45, 7) is 1.61. The van der Waals surface area contributed by atoms with Crippen molar-refractivity contribution in [3.8, 4) is 11.5 Å². The van der Waals surface area contributed by atoms with E-state index in [1.54, 1.807) is 6.92 Å². The first-order chi connectivity index (χ1) is 12.8. The highest BCUT2D eigenvalue weighted by atomic mass is 35.5. The molecule has 0 radical (unpaired) electrons. The molecule has 0 aromatic heterocycles. The third-order valence-corrected chi connectivity index (χ3v) is 4.53. The third-order valence-electron chi connectivity index (χ3n) is 4.28. The van der Waals surface area contributed by atoms with E-state index in [-0.39, 0.29) is 23.5 Å². The maximum atomic E-state index is 14.4. The number of carbonyl (C=O) groups excluding carboxylic acids is 1. The Kier molecular flexibility index (Phi) is 6.28. The predicted molar refractivity (Wildman–Crippen MR) is 98.0 cm³/mol. The van der Waals surface area contributed by atoms with Gasteiger partial charge in [-0.1, -0.05) is 30.7 Å². The van der Waals surface area contributed by atoms with Gasteiger partial charge in [0, 0.05) is 11.1 Å². The van der Waals surface area contributed by atoms with E-state index in [1.165, 1.54) is 38.5 Å². The molecule has 0 heterocycles. The minimum absolute atomic E-state index is 0.0324. The van der Waals surface area contributed by atoms with E-state index in [4.69, 9.17) is 21.1 Å². The molecule has 8 heteroatoms. The molecule has 2 aromatic carbocycles. The minimum Gasteiger partial charge on any atom is -0.493 e. The second-order valence-electron chi connectivity index (χ2n) is 5.71. The van der Waals surface area contributed by atoms with Crippen LogP contribution in [0.25, 0.3) is 0 Å². The number of carbonyl (C=O) groups is 2. The molecule has 2 N–H and O–H groups in total. The van der Waals surface area contributed by atoms with Crippen LogP contribution in [0, 0.1) is 5.82 Å². The van der Waals surface area contributed by atoms with Gasteiger partial charge in [-0.05, 0) is 30.2 Å². The lowest BCUT2D eigenvalue weighted by molar-refractivity contribution is -0.145. The zero-order valence-corrected chi connectivity index (χ0v) is 15.8. The number of amides is 1. The summed E-state index contributed by atoms with van der Waals surface area (Å²) < 4.78 is 24.4. The molecular weight excluding hydrogens is 377 g/mol. The molecular formula is C19H19ClFNO5. The molecule has 0 aliphatic heterocycles. The number of methoxy groups -OCH3 is 2. The van der Waals surface area contributed by atoms with Crippen molar-refractivity contribution in [2.24, 2.45) is 0 Å². The lowest BCUT2D eigenvalue weighted by Gasteiger charge is -2.30. The summed E-state index contributed by atoms with van der Waals surface area (Å²) in [5, 5.41) is 12.7. The van der Waals surface area contributed by atoms with Crippen LogP contribution in [-0.2, 0) is 10.3 Å². The Morgan fingerprint density at radius 1 is 1.15 bits per heavy atom. The van der Waals surface area contributed by atoms with E-state index >= 15 is 0 Å². The molecule has 1 atom stereocenters. The van der Waals surface area contributed by atoms with Crippen LogP contribution in [0.5, 0.6) is 11.5 Å². The van der Waals surface area contributed by atoms with E-state index in [2.05, 4.69) is 5.32 Å². The zero-order valence-electron chi connectivity index (χ0n) is 15.0. The van der Waals surface area contributed by atoms with Gasteiger partial charge >= 0.3 is 5.97 Å². The average molecular weight is 396 g/mol. The predicted octanol–water partition coefficient (Wildman–Crippen LogP) is 3.62. The number of rotatable bonds is 7. The number of carboxylic acid groups (broad SMARTS) is 1. The number of carboxylic acids is 1. The molecule has 1 amide bonds. The molecule has 0 aliphatic carbocycles. The minimum atomic E-state index is -1.75. The van der Waals surface area contributed by atoms with Crippen LogP contribution in [0.3, 0.4) is 0 Å². The SMILES string of the molecule is CCC(NC(=O)c1cc(OC)c(OC)cc1F)(C(=O)O)c1ccc(Cl)cc1. The Morgan fingerprint density at radius 3 is 2.19 bits per heavy atom. The molecule has 2 aromatic rings. The molecule has 144 valence electrons. The van der Waals surface area contributed by atoms with Crippen LogP contribution in [0.1, 0.15) is 29.3 Å². The molecule has 2 rings (SSSR count). The Morgan fingerprint density at radius 2 is 1.70 bits per heavy atom. The third kappa shape index (κ3) is 3.98. The summed E-state index contributed by atoms with van der Waals surface area (Å²) in [6.07, 6.45) is 0.0324. The molecule has 0 aliphatic rings. The zero-order chi connectivity index (χ0) is 20.2. The number of hydrogen-bond donors (Lipinski definition) is 2. The molecule has 0 bridgehead atoms. The largest absolute Gasteiger partial charge is 0.493 e. The first kappa shape index (κ1) is 20.5. The molecule has 6 nitrogen and oxygen atoms in total. The van der Waals surface area contributed by atoms with E-state index in [1.807, 2.05) is 0 Å². The summed E-state index contributed by atoms with van der Waals surface area (Å²) in [6, 6.07) is 8.22. The number of hydrogen-bond acceptors (Lipinski definition) is 4. The fraction of sp³-hybridized carbons (Fsp3) is 0.263. The van der Waals surface area contributed by atoms with Crippen molar-refractivity contribution in [2.45, 2.75) is 18.9 Å². The van der Waals surface area contributed by atoms with E-state index in [0.29, 0.717) is 10.6 Å². The Hall–Kier alpha value is -2.80. The van der Waals surface area contributed by atoms with Crippen molar-refractivity contribution in [3.63, 3.8) is 0 Å². The quantitative estimate of drug-likeness (QED) is 0.748. The van der Waals surface area contributed by atoms with E-state index < -0.39 is 23.2 Å². The molecule has 0 fully saturated rings. The van der Waals surface area contributed by atoms with Crippen LogP contribution in [-0.4, -0.2) is 31.2 Å². The van der Waals surface area contributed by atoms with Crippen LogP contribution in [0.4, 0.5) is 4.39 Å². The first-order valence-corrected chi connectivity index (χ1v) is 8.40. The summed E-state index contributed by atoms with van der Waals surface area (Å²) in [7, 11) is 2.68. The molecule has 1 unspecified atom stereocenters. The van der Waals surface area contributed by atoms with Crippen molar-refractivity contribution in [3.05, 3.63) is 58.4 Å². The van der Waals surface area contributed by atoms with Gasteiger partial charge in [0.2, 0.25) is 0 Å². The summed E-state index contributed by atoms with van der Waals surface area (Å²) in [4.78, 5) is 24.7. The van der Waals surface area contributed by atoms with Gasteiger partial charge in [0.05, 0.1) is 19.8 Å². The van der Waals surface area contributed by atoms with Crippen LogP contribution in [0.15, 0.2) is 36.4 Å². The maximum absolute atomic E-state index is 14.4. The van der Waals surface area contributed by atoms with Crippen molar-refractivity contribution < 1.29 is 28.6 Å². The Labute approximate surface area is 160 Å². The van der Waals surface area contributed by atoms with Gasteiger partial charge in [0.1, 0.15) is 5.82 Å². The van der Waals surface area contributed by atoms with Gasteiger partial charge in [-0.25, -0.2) is 9.18 Å². The highest BCUT2D eigenvalue weighted by Gasteiger charge is 2.41. The van der Waals surface area contributed by atoms with Gasteiger partial charge in [-0.15, -0.1) is 0 Å². The number of benzene rings is 2. The van der Waals surface area contributed by atoms with Gasteiger partial charge in [-0.3, -0.25) is 4.79 Å². The monoisotopic (exact) mass is 395 g/mol. The maximum Gasteiger partial charge on any atom is 0.334 e. The van der Waals surface area contributed by atoms with Crippen LogP contribution < -0.4 is 14.8 Å². The first-order valence-electron chi connectivity index (χ1n) is 8.02. The normalized spacial score (nSPS) is 12.8. The molecule has 0 spiro atoms. The van der Waals surface area contributed by atoms with Gasteiger partial charge in [0.25, 0.3) is 5.91 Å². The van der Waals surface area contributed by atoms with E-state index in [0.717, 1.165) is 12.1 Å². The second-order valence-corrected chi connectivity index (χ2v) is 6.15. The van der Waals surface area contributed by atoms with E-state index in [9.17, 15) is 19.1 Å². The highest BCUT2D eigenvalue weighted by molar-refractivity contribution is 6.30. The van der Waals surface area contributed by atoms with Crippen molar-refractivity contribution >= 4 is 23.5 Å². The number of aliphatic carboxylic acids is 1. The van der Waals surface area contributed by atoms with Gasteiger partial charge in [-0.2, -0.15) is 0 Å². The van der Waals surface area contributed by atoms with Crippen LogP contribution in [0.2, 0.25) is 5.02 Å². The Balaban J connectivity index is 2.48. The topological polar surface area (TPSA) is 84.9 Å². The number of halogens is 2. The standard InChI is InChI=1S/C19H19ClFNO5/c1-4-19(18(24)25,11-5-7-12(20)8-6-11)22-17(23)13-9-15(26-2)16(27-3)10-14(13)21/h5-10H,4H2,1-3H3,(H,22,23)(H,24,25). The Bertz CT molecular complexity index is 856. The fourth-order valence-corrected chi connectivity index (χ4v) is 2.84. The molecule has 27 heavy (non-hydrogen) atoms. The highest BCUT2D eigenvalue weighted by Crippen LogP contribution is 2.32.